The number of fused-ring (bicyclic) bond motifs is 2. The van der Waals surface area contributed by atoms with Crippen LogP contribution in [0.2, 0.25) is 5.02 Å². The number of benzene rings is 1. The first kappa shape index (κ1) is 15.0. The zero-order valence-corrected chi connectivity index (χ0v) is 14.3. The van der Waals surface area contributed by atoms with Crippen molar-refractivity contribution in [2.75, 3.05) is 0 Å². The third-order valence-electron chi connectivity index (χ3n) is 4.99. The van der Waals surface area contributed by atoms with Crippen molar-refractivity contribution in [1.29, 1.82) is 0 Å². The van der Waals surface area contributed by atoms with Crippen LogP contribution in [0.5, 0.6) is 0 Å². The highest BCUT2D eigenvalue weighted by Gasteiger charge is 2.48. The van der Waals surface area contributed by atoms with Crippen LogP contribution in [0.25, 0.3) is 10.6 Å². The van der Waals surface area contributed by atoms with Crippen molar-refractivity contribution >= 4 is 34.5 Å². The lowest BCUT2D eigenvalue weighted by molar-refractivity contribution is -0.135. The fourth-order valence-electron chi connectivity index (χ4n) is 3.76. The topological polar surface area (TPSA) is 47.0 Å². The van der Waals surface area contributed by atoms with E-state index in [2.05, 4.69) is 4.98 Å². The van der Waals surface area contributed by atoms with Crippen LogP contribution >= 0.6 is 22.9 Å². The number of carbonyl (C=O) groups is 2. The number of nitrogens with zero attached hydrogens (tertiary/aromatic N) is 1. The van der Waals surface area contributed by atoms with E-state index in [4.69, 9.17) is 11.6 Å². The minimum Gasteiger partial charge on any atom is -0.298 e. The first-order valence-corrected chi connectivity index (χ1v) is 9.04. The highest BCUT2D eigenvalue weighted by molar-refractivity contribution is 7.15. The van der Waals surface area contributed by atoms with Gasteiger partial charge in [-0.25, -0.2) is 4.98 Å². The lowest BCUT2D eigenvalue weighted by Crippen LogP contribution is -2.34. The third kappa shape index (κ3) is 2.45. The molecule has 0 N–H and O–H groups in total. The first-order valence-electron chi connectivity index (χ1n) is 7.85. The molecule has 0 aliphatic heterocycles. The van der Waals surface area contributed by atoms with Crippen molar-refractivity contribution in [1.82, 2.24) is 4.98 Å². The summed E-state index contributed by atoms with van der Waals surface area (Å²) in [4.78, 5) is 30.8. The Morgan fingerprint density at radius 3 is 2.30 bits per heavy atom. The summed E-state index contributed by atoms with van der Waals surface area (Å²) in [5.41, 5.74) is 1.76. The SMILES string of the molecule is Cc1nc(-c2ccc(Cl)cc2)sc1C1C(=O)[C@H]2CC[C@@H](C2)C1=O. The fourth-order valence-corrected chi connectivity index (χ4v) is 5.07. The zero-order valence-electron chi connectivity index (χ0n) is 12.7. The van der Waals surface area contributed by atoms with E-state index in [-0.39, 0.29) is 23.4 Å². The molecule has 0 spiro atoms. The van der Waals surface area contributed by atoms with Gasteiger partial charge in [-0.3, -0.25) is 9.59 Å². The van der Waals surface area contributed by atoms with Crippen LogP contribution in [0.3, 0.4) is 0 Å². The number of thiazole rings is 1. The Morgan fingerprint density at radius 1 is 1.09 bits per heavy atom. The standard InChI is InChI=1S/C18H16ClNO2S/c1-9-17(14-15(21)11-2-3-12(8-11)16(14)22)23-18(20-9)10-4-6-13(19)7-5-10/h4-7,11-12,14H,2-3,8H2,1H3/t11-,12-/m0/s1. The molecule has 0 saturated heterocycles. The summed E-state index contributed by atoms with van der Waals surface area (Å²) in [7, 11) is 0. The van der Waals surface area contributed by atoms with Crippen LogP contribution in [-0.4, -0.2) is 16.6 Å². The summed E-state index contributed by atoms with van der Waals surface area (Å²) in [6.45, 7) is 1.89. The van der Waals surface area contributed by atoms with Crippen LogP contribution < -0.4 is 0 Å². The molecule has 0 radical (unpaired) electrons. The molecule has 2 atom stereocenters. The summed E-state index contributed by atoms with van der Waals surface area (Å²) in [6, 6.07) is 7.48. The van der Waals surface area contributed by atoms with E-state index >= 15 is 0 Å². The summed E-state index contributed by atoms with van der Waals surface area (Å²) in [6.07, 6.45) is 2.50. The minimum atomic E-state index is -0.584. The summed E-state index contributed by atoms with van der Waals surface area (Å²) in [5, 5.41) is 1.52. The number of aromatic nitrogens is 1. The van der Waals surface area contributed by atoms with Gasteiger partial charge in [-0.2, -0.15) is 0 Å². The van der Waals surface area contributed by atoms with Gasteiger partial charge < -0.3 is 0 Å². The predicted octanol–water partition coefficient (Wildman–Crippen LogP) is 4.42. The van der Waals surface area contributed by atoms with Crippen molar-refractivity contribution in [2.45, 2.75) is 32.1 Å². The van der Waals surface area contributed by atoms with Gasteiger partial charge in [0.05, 0.1) is 5.69 Å². The molecule has 1 heterocycles. The molecule has 2 bridgehead atoms. The molecule has 1 aromatic heterocycles. The van der Waals surface area contributed by atoms with E-state index in [0.29, 0.717) is 5.02 Å². The van der Waals surface area contributed by atoms with Gasteiger partial charge in [0.1, 0.15) is 10.9 Å². The molecule has 2 saturated carbocycles. The number of aryl methyl sites for hydroxylation is 1. The highest BCUT2D eigenvalue weighted by atomic mass is 35.5. The number of carbonyl (C=O) groups excluding carboxylic acids is 2. The predicted molar refractivity (Wildman–Crippen MR) is 90.9 cm³/mol. The van der Waals surface area contributed by atoms with Crippen LogP contribution in [0.1, 0.15) is 35.8 Å². The third-order valence-corrected chi connectivity index (χ3v) is 6.52. The molecule has 2 fully saturated rings. The van der Waals surface area contributed by atoms with E-state index in [1.165, 1.54) is 11.3 Å². The van der Waals surface area contributed by atoms with Gasteiger partial charge in [-0.05, 0) is 38.3 Å². The molecule has 1 aromatic carbocycles. The van der Waals surface area contributed by atoms with Gasteiger partial charge in [0, 0.05) is 27.3 Å². The van der Waals surface area contributed by atoms with Crippen LogP contribution in [0.15, 0.2) is 24.3 Å². The van der Waals surface area contributed by atoms with Crippen molar-refractivity contribution in [3.63, 3.8) is 0 Å². The molecule has 0 amide bonds. The molecular weight excluding hydrogens is 330 g/mol. The molecule has 23 heavy (non-hydrogen) atoms. The Labute approximate surface area is 143 Å². The molecule has 5 heteroatoms. The Bertz CT molecular complexity index is 774. The van der Waals surface area contributed by atoms with E-state index in [9.17, 15) is 9.59 Å². The van der Waals surface area contributed by atoms with Gasteiger partial charge in [-0.1, -0.05) is 23.7 Å². The van der Waals surface area contributed by atoms with Crippen molar-refractivity contribution in [3.8, 4) is 10.6 Å². The zero-order chi connectivity index (χ0) is 16.1. The molecular formula is C18H16ClNO2S. The molecule has 0 unspecified atom stereocenters. The Kier molecular flexibility index (Phi) is 3.62. The summed E-state index contributed by atoms with van der Waals surface area (Å²) < 4.78 is 0. The average Bonchev–Trinajstić information content (AvgIpc) is 3.13. The Balaban J connectivity index is 1.73. The number of Topliss-reactive ketones (excluding diaryl/α,β-unsaturated/α-hetero) is 2. The number of rotatable bonds is 2. The first-order chi connectivity index (χ1) is 11.0. The van der Waals surface area contributed by atoms with Gasteiger partial charge in [0.2, 0.25) is 0 Å². The number of ketones is 2. The van der Waals surface area contributed by atoms with Gasteiger partial charge in [0.25, 0.3) is 0 Å². The van der Waals surface area contributed by atoms with Gasteiger partial charge >= 0.3 is 0 Å². The highest BCUT2D eigenvalue weighted by Crippen LogP contribution is 2.46. The van der Waals surface area contributed by atoms with E-state index in [0.717, 1.165) is 40.4 Å². The normalized spacial score (nSPS) is 26.8. The maximum absolute atomic E-state index is 12.7. The lowest BCUT2D eigenvalue weighted by atomic mass is 9.78. The molecule has 2 aliphatic rings. The second-order valence-electron chi connectivity index (χ2n) is 6.42. The number of hydrogen-bond donors (Lipinski definition) is 0. The molecule has 2 aliphatic carbocycles. The second kappa shape index (κ2) is 5.53. The van der Waals surface area contributed by atoms with Crippen LogP contribution in [-0.2, 0) is 9.59 Å². The van der Waals surface area contributed by atoms with Crippen molar-refractivity contribution in [2.24, 2.45) is 11.8 Å². The van der Waals surface area contributed by atoms with Gasteiger partial charge in [0.15, 0.2) is 11.6 Å². The summed E-state index contributed by atoms with van der Waals surface area (Å²) in [5.74, 6) is -0.220. The van der Waals surface area contributed by atoms with Gasteiger partial charge in [-0.15, -0.1) is 11.3 Å². The maximum Gasteiger partial charge on any atom is 0.151 e. The quantitative estimate of drug-likeness (QED) is 0.757. The second-order valence-corrected chi connectivity index (χ2v) is 7.89. The van der Waals surface area contributed by atoms with Crippen molar-refractivity contribution < 1.29 is 9.59 Å². The maximum atomic E-state index is 12.7. The Hall–Kier alpha value is -1.52. The molecule has 2 aromatic rings. The van der Waals surface area contributed by atoms with E-state index in [1.54, 1.807) is 0 Å². The lowest BCUT2D eigenvalue weighted by Gasteiger charge is -2.24. The summed E-state index contributed by atoms with van der Waals surface area (Å²) >= 11 is 7.40. The smallest absolute Gasteiger partial charge is 0.151 e. The average molecular weight is 346 g/mol. The Morgan fingerprint density at radius 2 is 1.70 bits per heavy atom. The fraction of sp³-hybridized carbons (Fsp3) is 0.389. The molecule has 118 valence electrons. The monoisotopic (exact) mass is 345 g/mol. The minimum absolute atomic E-state index is 0.0724. The number of halogens is 1. The molecule has 4 rings (SSSR count). The van der Waals surface area contributed by atoms with Crippen LogP contribution in [0.4, 0.5) is 0 Å². The van der Waals surface area contributed by atoms with Crippen LogP contribution in [0, 0.1) is 18.8 Å². The van der Waals surface area contributed by atoms with E-state index < -0.39 is 5.92 Å². The number of hydrogen-bond acceptors (Lipinski definition) is 4. The molecule has 3 nitrogen and oxygen atoms in total. The largest absolute Gasteiger partial charge is 0.298 e. The van der Waals surface area contributed by atoms with E-state index in [1.807, 2.05) is 31.2 Å². The van der Waals surface area contributed by atoms with Crippen molar-refractivity contribution in [3.05, 3.63) is 39.9 Å².